The van der Waals surface area contributed by atoms with Gasteiger partial charge in [-0.15, -0.1) is 0 Å². The van der Waals surface area contributed by atoms with Crippen LogP contribution in [0.25, 0.3) is 0 Å². The van der Waals surface area contributed by atoms with Crippen molar-refractivity contribution in [3.8, 4) is 0 Å². The van der Waals surface area contributed by atoms with Gasteiger partial charge in [-0.25, -0.2) is 0 Å². The molecule has 0 spiro atoms. The van der Waals surface area contributed by atoms with Crippen LogP contribution in [-0.4, -0.2) is 7.28 Å². The van der Waals surface area contributed by atoms with Crippen LogP contribution < -0.4 is 0 Å². The summed E-state index contributed by atoms with van der Waals surface area (Å²) in [6.45, 7) is 4.74. The molecule has 2 atom stereocenters. The lowest BCUT2D eigenvalue weighted by molar-refractivity contribution is 0.444. The van der Waals surface area contributed by atoms with Crippen LogP contribution in [-0.2, 0) is 0 Å². The third-order valence-electron chi connectivity index (χ3n) is 2.20. The van der Waals surface area contributed by atoms with E-state index in [9.17, 15) is 0 Å². The minimum Gasteiger partial charge on any atom is -0.0749 e. The molecule has 0 radical (unpaired) electrons. The Morgan fingerprint density at radius 3 is 1.88 bits per heavy atom. The van der Waals surface area contributed by atoms with E-state index in [1.165, 1.54) is 26.3 Å². The second kappa shape index (κ2) is 2.57. The minimum atomic E-state index is 1.01. The fraction of sp³-hybridized carbons (Fsp3) is 1.00. The first-order valence-corrected chi connectivity index (χ1v) is 3.79. The minimum absolute atomic E-state index is 1.01. The fourth-order valence-corrected chi connectivity index (χ4v) is 1.74. The lowest BCUT2D eigenvalue weighted by Crippen LogP contribution is -2.14. The molecule has 1 heterocycles. The lowest BCUT2D eigenvalue weighted by Gasteiger charge is -2.21. The lowest BCUT2D eigenvalue weighted by atomic mass is 9.57. The van der Waals surface area contributed by atoms with Crippen molar-refractivity contribution in [1.29, 1.82) is 0 Å². The van der Waals surface area contributed by atoms with Gasteiger partial charge in [0.05, 0.1) is 0 Å². The second-order valence-electron chi connectivity index (χ2n) is 3.38. The molecule has 0 aromatic rings. The van der Waals surface area contributed by atoms with Crippen molar-refractivity contribution in [2.75, 3.05) is 0 Å². The van der Waals surface area contributed by atoms with Crippen molar-refractivity contribution >= 4 is 7.28 Å². The van der Waals surface area contributed by atoms with Crippen LogP contribution in [0.3, 0.4) is 0 Å². The molecule has 1 aliphatic rings. The van der Waals surface area contributed by atoms with E-state index < -0.39 is 0 Å². The summed E-state index contributed by atoms with van der Waals surface area (Å²) in [5.74, 6) is 2.03. The molecule has 1 heteroatoms. The standard InChI is InChI=1S/C7H15B/c1-6-3-7(2)5-8-4-6/h6-8H,3-5H2,1-2H3/t6-,7-/m0/s1. The molecule has 1 saturated heterocycles. The molecule has 0 aromatic heterocycles. The van der Waals surface area contributed by atoms with Crippen LogP contribution in [0.1, 0.15) is 20.3 Å². The van der Waals surface area contributed by atoms with E-state index in [0.29, 0.717) is 0 Å². The predicted octanol–water partition coefficient (Wildman–Crippen LogP) is 1.94. The SMILES string of the molecule is C[C@@H]1CBC[C@@H](C)C1. The van der Waals surface area contributed by atoms with Gasteiger partial charge in [-0.2, -0.15) is 0 Å². The van der Waals surface area contributed by atoms with Crippen molar-refractivity contribution in [1.82, 2.24) is 0 Å². The van der Waals surface area contributed by atoms with E-state index >= 15 is 0 Å². The van der Waals surface area contributed by atoms with E-state index in [1.54, 1.807) is 0 Å². The molecule has 1 rings (SSSR count). The molecular formula is C7H15B. The highest BCUT2D eigenvalue weighted by molar-refractivity contribution is 6.35. The summed E-state index contributed by atoms with van der Waals surface area (Å²) in [7, 11) is 1.47. The molecule has 0 bridgehead atoms. The van der Waals surface area contributed by atoms with Gasteiger partial charge < -0.3 is 0 Å². The molecule has 46 valence electrons. The van der Waals surface area contributed by atoms with Gasteiger partial charge in [-0.3, -0.25) is 0 Å². The molecule has 1 fully saturated rings. The Labute approximate surface area is 52.9 Å². The van der Waals surface area contributed by atoms with Crippen LogP contribution in [0.2, 0.25) is 12.6 Å². The molecule has 0 unspecified atom stereocenters. The van der Waals surface area contributed by atoms with Crippen molar-refractivity contribution in [2.45, 2.75) is 32.9 Å². The topological polar surface area (TPSA) is 0 Å². The summed E-state index contributed by atoms with van der Waals surface area (Å²) in [6, 6.07) is 0. The largest absolute Gasteiger partial charge is 0.121 e. The van der Waals surface area contributed by atoms with E-state index in [1.807, 2.05) is 0 Å². The van der Waals surface area contributed by atoms with Gasteiger partial charge in [-0.05, 0) is 6.42 Å². The summed E-state index contributed by atoms with van der Waals surface area (Å²) in [6.07, 6.45) is 4.43. The Morgan fingerprint density at radius 1 is 1.12 bits per heavy atom. The summed E-state index contributed by atoms with van der Waals surface area (Å²) in [5.41, 5.74) is 0. The van der Waals surface area contributed by atoms with Crippen molar-refractivity contribution in [3.63, 3.8) is 0 Å². The third kappa shape index (κ3) is 1.54. The van der Waals surface area contributed by atoms with Crippen molar-refractivity contribution in [3.05, 3.63) is 0 Å². The monoisotopic (exact) mass is 110 g/mol. The van der Waals surface area contributed by atoms with Crippen LogP contribution in [0.15, 0.2) is 0 Å². The van der Waals surface area contributed by atoms with Gasteiger partial charge in [0, 0.05) is 0 Å². The molecule has 1 aliphatic heterocycles. The van der Waals surface area contributed by atoms with E-state index in [2.05, 4.69) is 13.8 Å². The average Bonchev–Trinajstić information content (AvgIpc) is 1.64. The summed E-state index contributed by atoms with van der Waals surface area (Å²) < 4.78 is 0. The normalized spacial score (nSPS) is 38.8. The number of hydrogen-bond donors (Lipinski definition) is 0. The predicted molar refractivity (Wildman–Crippen MR) is 39.7 cm³/mol. The highest BCUT2D eigenvalue weighted by Crippen LogP contribution is 2.24. The highest BCUT2D eigenvalue weighted by Gasteiger charge is 2.14. The summed E-state index contributed by atoms with van der Waals surface area (Å²) in [5, 5.41) is 0. The maximum atomic E-state index is 2.37. The molecule has 0 N–H and O–H groups in total. The first-order chi connectivity index (χ1) is 3.79. The van der Waals surface area contributed by atoms with Gasteiger partial charge in [0.15, 0.2) is 0 Å². The first-order valence-electron chi connectivity index (χ1n) is 3.79. The Hall–Kier alpha value is 0.0649. The highest BCUT2D eigenvalue weighted by atomic mass is 14.1. The first kappa shape index (κ1) is 6.19. The van der Waals surface area contributed by atoms with E-state index in [-0.39, 0.29) is 0 Å². The average molecular weight is 110 g/mol. The molecule has 0 aliphatic carbocycles. The molecule has 0 amide bonds. The van der Waals surface area contributed by atoms with E-state index in [4.69, 9.17) is 0 Å². The molecule has 8 heavy (non-hydrogen) atoms. The van der Waals surface area contributed by atoms with Gasteiger partial charge in [0.1, 0.15) is 7.28 Å². The van der Waals surface area contributed by atoms with Gasteiger partial charge in [0.2, 0.25) is 0 Å². The van der Waals surface area contributed by atoms with Crippen LogP contribution >= 0.6 is 0 Å². The zero-order valence-corrected chi connectivity index (χ0v) is 5.98. The Balaban J connectivity index is 2.23. The Kier molecular flexibility index (Phi) is 1.98. The van der Waals surface area contributed by atoms with Gasteiger partial charge in [-0.1, -0.05) is 38.3 Å². The summed E-state index contributed by atoms with van der Waals surface area (Å²) >= 11 is 0. The smallest absolute Gasteiger partial charge is 0.0749 e. The maximum absolute atomic E-state index is 2.37. The van der Waals surface area contributed by atoms with E-state index in [0.717, 1.165) is 11.8 Å². The molecule has 0 nitrogen and oxygen atoms in total. The fourth-order valence-electron chi connectivity index (χ4n) is 1.74. The van der Waals surface area contributed by atoms with Gasteiger partial charge >= 0.3 is 0 Å². The maximum Gasteiger partial charge on any atom is 0.121 e. The molecular weight excluding hydrogens is 94.9 g/mol. The number of hydrogen-bond acceptors (Lipinski definition) is 0. The van der Waals surface area contributed by atoms with Crippen LogP contribution in [0.4, 0.5) is 0 Å². The summed E-state index contributed by atoms with van der Waals surface area (Å²) in [4.78, 5) is 0. The zero-order valence-electron chi connectivity index (χ0n) is 5.98. The zero-order chi connectivity index (χ0) is 5.98. The van der Waals surface area contributed by atoms with Crippen molar-refractivity contribution < 1.29 is 0 Å². The quantitative estimate of drug-likeness (QED) is 0.418. The third-order valence-corrected chi connectivity index (χ3v) is 2.20. The molecule has 0 aromatic carbocycles. The molecule has 0 saturated carbocycles. The van der Waals surface area contributed by atoms with Crippen molar-refractivity contribution in [2.24, 2.45) is 11.8 Å². The van der Waals surface area contributed by atoms with Gasteiger partial charge in [0.25, 0.3) is 0 Å². The second-order valence-corrected chi connectivity index (χ2v) is 3.38. The number of rotatable bonds is 0. The Bertz CT molecular complexity index is 62.8. The Morgan fingerprint density at radius 2 is 1.62 bits per heavy atom. The van der Waals surface area contributed by atoms with Crippen LogP contribution in [0.5, 0.6) is 0 Å². The van der Waals surface area contributed by atoms with Crippen LogP contribution in [0, 0.1) is 11.8 Å².